The van der Waals surface area contributed by atoms with Gasteiger partial charge in [-0.05, 0) is 36.8 Å². The largest absolute Gasteiger partial charge is 0.349 e. The zero-order chi connectivity index (χ0) is 18.0. The summed E-state index contributed by atoms with van der Waals surface area (Å²) < 4.78 is 0. The number of thiophene rings is 1. The fourth-order valence-corrected chi connectivity index (χ4v) is 4.16. The summed E-state index contributed by atoms with van der Waals surface area (Å²) in [5.74, 6) is 0.295. The van der Waals surface area contributed by atoms with Gasteiger partial charge in [-0.3, -0.25) is 9.59 Å². The van der Waals surface area contributed by atoms with E-state index in [1.165, 1.54) is 16.9 Å². The van der Waals surface area contributed by atoms with Crippen LogP contribution in [0.15, 0.2) is 35.7 Å². The molecule has 0 radical (unpaired) electrons. The monoisotopic (exact) mass is 356 g/mol. The third-order valence-electron chi connectivity index (χ3n) is 4.79. The predicted molar refractivity (Wildman–Crippen MR) is 102 cm³/mol. The fourth-order valence-electron chi connectivity index (χ4n) is 3.27. The third-order valence-corrected chi connectivity index (χ3v) is 5.70. The van der Waals surface area contributed by atoms with E-state index in [4.69, 9.17) is 0 Å². The normalized spacial score (nSPS) is 15.2. The Bertz CT molecular complexity index is 756. The number of amides is 2. The first-order chi connectivity index (χ1) is 12.0. The highest BCUT2D eigenvalue weighted by Crippen LogP contribution is 2.31. The lowest BCUT2D eigenvalue weighted by atomic mass is 9.95. The maximum Gasteiger partial charge on any atom is 0.264 e. The zero-order valence-corrected chi connectivity index (χ0v) is 15.8. The molecule has 0 atom stereocenters. The second-order valence-electron chi connectivity index (χ2n) is 6.83. The maximum atomic E-state index is 13.0. The molecule has 1 aliphatic rings. The third kappa shape index (κ3) is 3.76. The molecule has 0 saturated carbocycles. The van der Waals surface area contributed by atoms with Crippen LogP contribution in [0.4, 0.5) is 0 Å². The van der Waals surface area contributed by atoms with Crippen LogP contribution in [-0.4, -0.2) is 48.8 Å². The first-order valence-corrected chi connectivity index (χ1v) is 9.50. The minimum atomic E-state index is 0.0407. The molecule has 0 aliphatic carbocycles. The van der Waals surface area contributed by atoms with Gasteiger partial charge >= 0.3 is 0 Å². The van der Waals surface area contributed by atoms with Crippen molar-refractivity contribution in [3.8, 4) is 11.1 Å². The van der Waals surface area contributed by atoms with Gasteiger partial charge in [0.15, 0.2) is 0 Å². The SMILES string of the molecule is Cc1ccc(-c2ccsc2C(=O)N2CCC(C(=O)N(C)C)CC2)cc1. The summed E-state index contributed by atoms with van der Waals surface area (Å²) in [6.45, 7) is 3.35. The molecule has 1 aromatic heterocycles. The van der Waals surface area contributed by atoms with Gasteiger partial charge in [-0.2, -0.15) is 0 Å². The number of aryl methyl sites for hydroxylation is 1. The Morgan fingerprint density at radius 3 is 2.32 bits per heavy atom. The van der Waals surface area contributed by atoms with Gasteiger partial charge in [-0.25, -0.2) is 0 Å². The van der Waals surface area contributed by atoms with E-state index >= 15 is 0 Å². The Kier molecular flexibility index (Phi) is 5.23. The summed E-state index contributed by atoms with van der Waals surface area (Å²) in [5, 5.41) is 1.98. The number of nitrogens with zero attached hydrogens (tertiary/aromatic N) is 2. The number of likely N-dealkylation sites (tertiary alicyclic amines) is 1. The summed E-state index contributed by atoms with van der Waals surface area (Å²) in [6.07, 6.45) is 1.49. The Hall–Kier alpha value is -2.14. The Morgan fingerprint density at radius 1 is 1.08 bits per heavy atom. The minimum absolute atomic E-state index is 0.0407. The summed E-state index contributed by atoms with van der Waals surface area (Å²) in [4.78, 5) is 29.4. The van der Waals surface area contributed by atoms with Gasteiger partial charge in [0.1, 0.15) is 0 Å². The molecular weight excluding hydrogens is 332 g/mol. The summed E-state index contributed by atoms with van der Waals surface area (Å²) in [7, 11) is 3.58. The van der Waals surface area contributed by atoms with Gasteiger partial charge in [0, 0.05) is 38.7 Å². The van der Waals surface area contributed by atoms with E-state index in [1.54, 1.807) is 19.0 Å². The van der Waals surface area contributed by atoms with Gasteiger partial charge < -0.3 is 9.80 Å². The fraction of sp³-hybridized carbons (Fsp3) is 0.400. The van der Waals surface area contributed by atoms with E-state index in [0.717, 1.165) is 28.8 Å². The molecule has 2 amide bonds. The number of hydrogen-bond acceptors (Lipinski definition) is 3. The van der Waals surface area contributed by atoms with Crippen molar-refractivity contribution < 1.29 is 9.59 Å². The number of hydrogen-bond donors (Lipinski definition) is 0. The lowest BCUT2D eigenvalue weighted by Crippen LogP contribution is -2.42. The Balaban J connectivity index is 1.72. The van der Waals surface area contributed by atoms with Crippen molar-refractivity contribution in [3.63, 3.8) is 0 Å². The van der Waals surface area contributed by atoms with Crippen molar-refractivity contribution in [2.75, 3.05) is 27.2 Å². The summed E-state index contributed by atoms with van der Waals surface area (Å²) in [5.41, 5.74) is 3.29. The zero-order valence-electron chi connectivity index (χ0n) is 15.0. The van der Waals surface area contributed by atoms with Gasteiger partial charge in [0.2, 0.25) is 5.91 Å². The van der Waals surface area contributed by atoms with Crippen molar-refractivity contribution in [3.05, 3.63) is 46.2 Å². The van der Waals surface area contributed by atoms with Gasteiger partial charge in [0.25, 0.3) is 5.91 Å². The molecule has 4 nitrogen and oxygen atoms in total. The van der Waals surface area contributed by atoms with E-state index in [-0.39, 0.29) is 17.7 Å². The molecule has 5 heteroatoms. The molecule has 0 bridgehead atoms. The van der Waals surface area contributed by atoms with Crippen molar-refractivity contribution in [2.45, 2.75) is 19.8 Å². The molecule has 132 valence electrons. The van der Waals surface area contributed by atoms with E-state index < -0.39 is 0 Å². The Morgan fingerprint density at radius 2 is 1.72 bits per heavy atom. The molecule has 1 fully saturated rings. The van der Waals surface area contributed by atoms with Crippen LogP contribution in [0.25, 0.3) is 11.1 Å². The average molecular weight is 356 g/mol. The van der Waals surface area contributed by atoms with E-state index in [1.807, 2.05) is 16.3 Å². The molecule has 25 heavy (non-hydrogen) atoms. The van der Waals surface area contributed by atoms with E-state index in [2.05, 4.69) is 31.2 Å². The second kappa shape index (κ2) is 7.40. The number of rotatable bonds is 3. The first-order valence-electron chi connectivity index (χ1n) is 8.62. The van der Waals surface area contributed by atoms with Gasteiger partial charge in [-0.1, -0.05) is 29.8 Å². The lowest BCUT2D eigenvalue weighted by molar-refractivity contribution is -0.134. The topological polar surface area (TPSA) is 40.6 Å². The molecule has 2 heterocycles. The maximum absolute atomic E-state index is 13.0. The van der Waals surface area contributed by atoms with Crippen LogP contribution in [-0.2, 0) is 4.79 Å². The molecule has 0 spiro atoms. The van der Waals surface area contributed by atoms with Crippen LogP contribution < -0.4 is 0 Å². The number of benzene rings is 1. The highest BCUT2D eigenvalue weighted by molar-refractivity contribution is 7.12. The van der Waals surface area contributed by atoms with Crippen molar-refractivity contribution in [1.29, 1.82) is 0 Å². The van der Waals surface area contributed by atoms with Crippen LogP contribution in [0.1, 0.15) is 28.1 Å². The van der Waals surface area contributed by atoms with Crippen LogP contribution in [0.2, 0.25) is 0 Å². The molecule has 0 unspecified atom stereocenters. The standard InChI is InChI=1S/C20H24N2O2S/c1-14-4-6-15(7-5-14)17-10-13-25-18(17)20(24)22-11-8-16(9-12-22)19(23)21(2)3/h4-7,10,13,16H,8-9,11-12H2,1-3H3. The molecule has 2 aromatic rings. The molecule has 0 N–H and O–H groups in total. The predicted octanol–water partition coefficient (Wildman–Crippen LogP) is 3.66. The average Bonchev–Trinajstić information content (AvgIpc) is 3.11. The summed E-state index contributed by atoms with van der Waals surface area (Å²) >= 11 is 1.50. The molecule has 1 aliphatic heterocycles. The second-order valence-corrected chi connectivity index (χ2v) is 7.74. The van der Waals surface area contributed by atoms with Gasteiger partial charge in [0.05, 0.1) is 4.88 Å². The molecule has 3 rings (SSSR count). The number of carbonyl (C=O) groups excluding carboxylic acids is 2. The number of carbonyl (C=O) groups is 2. The Labute approximate surface area is 153 Å². The smallest absolute Gasteiger partial charge is 0.264 e. The molecular formula is C20H24N2O2S. The van der Waals surface area contributed by atoms with Crippen molar-refractivity contribution >= 4 is 23.2 Å². The van der Waals surface area contributed by atoms with Crippen molar-refractivity contribution in [1.82, 2.24) is 9.80 Å². The first kappa shape index (κ1) is 17.7. The minimum Gasteiger partial charge on any atom is -0.349 e. The quantitative estimate of drug-likeness (QED) is 0.842. The van der Waals surface area contributed by atoms with E-state index in [9.17, 15) is 9.59 Å². The van der Waals surface area contributed by atoms with Crippen LogP contribution in [0, 0.1) is 12.8 Å². The van der Waals surface area contributed by atoms with Crippen LogP contribution in [0.5, 0.6) is 0 Å². The van der Waals surface area contributed by atoms with Crippen molar-refractivity contribution in [2.24, 2.45) is 5.92 Å². The highest BCUT2D eigenvalue weighted by atomic mass is 32.1. The number of piperidine rings is 1. The summed E-state index contributed by atoms with van der Waals surface area (Å²) in [6, 6.07) is 10.3. The van der Waals surface area contributed by atoms with Crippen LogP contribution >= 0.6 is 11.3 Å². The van der Waals surface area contributed by atoms with E-state index in [0.29, 0.717) is 13.1 Å². The van der Waals surface area contributed by atoms with Gasteiger partial charge in [-0.15, -0.1) is 11.3 Å². The lowest BCUT2D eigenvalue weighted by Gasteiger charge is -2.32. The molecule has 1 saturated heterocycles. The molecule has 1 aromatic carbocycles. The van der Waals surface area contributed by atoms with Crippen LogP contribution in [0.3, 0.4) is 0 Å². The highest BCUT2D eigenvalue weighted by Gasteiger charge is 2.29.